The molecule has 0 spiro atoms. The summed E-state index contributed by atoms with van der Waals surface area (Å²) in [5.74, 6) is -0.134. The third-order valence-electron chi connectivity index (χ3n) is 3.11. The second-order valence-electron chi connectivity index (χ2n) is 4.66. The van der Waals surface area contributed by atoms with Crippen molar-refractivity contribution < 1.29 is 13.2 Å². The van der Waals surface area contributed by atoms with E-state index in [9.17, 15) is 13.2 Å². The highest BCUT2D eigenvalue weighted by Crippen LogP contribution is 2.27. The second kappa shape index (κ2) is 5.05. The summed E-state index contributed by atoms with van der Waals surface area (Å²) in [5.41, 5.74) is 1.76. The molecule has 108 valence electrons. The predicted octanol–water partition coefficient (Wildman–Crippen LogP) is 2.64. The molecule has 0 unspecified atom stereocenters. The number of sulfonamides is 1. The van der Waals surface area contributed by atoms with E-state index in [-0.39, 0.29) is 17.2 Å². The highest BCUT2D eigenvalue weighted by molar-refractivity contribution is 7.92. The Morgan fingerprint density at radius 1 is 1.10 bits per heavy atom. The molecule has 0 aromatic heterocycles. The zero-order valence-corrected chi connectivity index (χ0v) is 12.3. The number of halogens is 1. The molecule has 0 saturated heterocycles. The largest absolute Gasteiger partial charge is 0.325 e. The molecule has 1 aliphatic rings. The van der Waals surface area contributed by atoms with Crippen LogP contribution in [0.5, 0.6) is 0 Å². The van der Waals surface area contributed by atoms with Gasteiger partial charge in [0.15, 0.2) is 0 Å². The molecular weight excluding hydrogens is 312 g/mol. The molecule has 1 aliphatic heterocycles. The topological polar surface area (TPSA) is 75.3 Å². The Labute approximate surface area is 127 Å². The number of amides is 1. The minimum Gasteiger partial charge on any atom is -0.325 e. The Morgan fingerprint density at radius 2 is 1.81 bits per heavy atom. The summed E-state index contributed by atoms with van der Waals surface area (Å²) in [6.07, 6.45) is 0.278. The highest BCUT2D eigenvalue weighted by Gasteiger charge is 2.21. The maximum absolute atomic E-state index is 12.3. The van der Waals surface area contributed by atoms with E-state index in [1.807, 2.05) is 0 Å². The van der Waals surface area contributed by atoms with Gasteiger partial charge >= 0.3 is 0 Å². The molecule has 5 nitrogen and oxygen atoms in total. The highest BCUT2D eigenvalue weighted by atomic mass is 35.5. The number of carbonyl (C=O) groups is 1. The zero-order chi connectivity index (χ0) is 15.0. The quantitative estimate of drug-likeness (QED) is 0.912. The minimum atomic E-state index is -3.71. The van der Waals surface area contributed by atoms with Crippen LogP contribution in [-0.4, -0.2) is 14.3 Å². The SMILES string of the molecule is O=C1Cc2ccc(S(=O)(=O)Nc3ccc(Cl)cc3)cc2N1. The van der Waals surface area contributed by atoms with E-state index >= 15 is 0 Å². The Hall–Kier alpha value is -2.05. The standard InChI is InChI=1S/C14H11ClN2O3S/c15-10-2-4-11(5-3-10)17-21(19,20)12-6-1-9-7-14(18)16-13(9)8-12/h1-6,8,17H,7H2,(H,16,18). The number of carbonyl (C=O) groups excluding carboxylic acids is 1. The lowest BCUT2D eigenvalue weighted by Crippen LogP contribution is -2.13. The van der Waals surface area contributed by atoms with E-state index in [0.29, 0.717) is 16.4 Å². The third-order valence-corrected chi connectivity index (χ3v) is 4.74. The molecule has 2 aromatic rings. The van der Waals surface area contributed by atoms with Crippen LogP contribution in [0.15, 0.2) is 47.4 Å². The van der Waals surface area contributed by atoms with Crippen LogP contribution in [0.3, 0.4) is 0 Å². The van der Waals surface area contributed by atoms with Gasteiger partial charge < -0.3 is 5.32 Å². The summed E-state index contributed by atoms with van der Waals surface area (Å²) in [6.45, 7) is 0. The number of hydrogen-bond donors (Lipinski definition) is 2. The Balaban J connectivity index is 1.90. The molecule has 2 aromatic carbocycles. The van der Waals surface area contributed by atoms with Gasteiger partial charge in [0.05, 0.1) is 11.3 Å². The van der Waals surface area contributed by atoms with Gasteiger partial charge in [-0.2, -0.15) is 0 Å². The lowest BCUT2D eigenvalue weighted by atomic mass is 10.2. The number of hydrogen-bond acceptors (Lipinski definition) is 3. The fraction of sp³-hybridized carbons (Fsp3) is 0.0714. The zero-order valence-electron chi connectivity index (χ0n) is 10.8. The molecule has 0 radical (unpaired) electrons. The van der Waals surface area contributed by atoms with Gasteiger partial charge in [-0.25, -0.2) is 8.42 Å². The second-order valence-corrected chi connectivity index (χ2v) is 6.78. The van der Waals surface area contributed by atoms with E-state index in [1.165, 1.54) is 12.1 Å². The van der Waals surface area contributed by atoms with Crippen LogP contribution in [0.1, 0.15) is 5.56 Å². The molecule has 0 bridgehead atoms. The Bertz CT molecular complexity index is 817. The molecule has 1 amide bonds. The first kappa shape index (κ1) is 13.9. The van der Waals surface area contributed by atoms with Crippen molar-refractivity contribution in [3.63, 3.8) is 0 Å². The van der Waals surface area contributed by atoms with Crippen molar-refractivity contribution in [2.24, 2.45) is 0 Å². The predicted molar refractivity (Wildman–Crippen MR) is 81.0 cm³/mol. The van der Waals surface area contributed by atoms with Crippen molar-refractivity contribution in [3.05, 3.63) is 53.1 Å². The molecule has 7 heteroatoms. The first-order chi connectivity index (χ1) is 9.94. The van der Waals surface area contributed by atoms with Crippen molar-refractivity contribution in [1.82, 2.24) is 0 Å². The van der Waals surface area contributed by atoms with Gasteiger partial charge in [-0.05, 0) is 42.0 Å². The van der Waals surface area contributed by atoms with Crippen LogP contribution < -0.4 is 10.0 Å². The van der Waals surface area contributed by atoms with Crippen LogP contribution >= 0.6 is 11.6 Å². The summed E-state index contributed by atoms with van der Waals surface area (Å²) in [5, 5.41) is 3.16. The maximum Gasteiger partial charge on any atom is 0.261 e. The van der Waals surface area contributed by atoms with Crippen molar-refractivity contribution in [2.75, 3.05) is 10.0 Å². The first-order valence-corrected chi connectivity index (χ1v) is 8.01. The molecule has 0 atom stereocenters. The maximum atomic E-state index is 12.3. The average molecular weight is 323 g/mol. The van der Waals surface area contributed by atoms with E-state index in [1.54, 1.807) is 30.3 Å². The first-order valence-electron chi connectivity index (χ1n) is 6.15. The van der Waals surface area contributed by atoms with Gasteiger partial charge in [-0.3, -0.25) is 9.52 Å². The summed E-state index contributed by atoms with van der Waals surface area (Å²) in [7, 11) is -3.71. The van der Waals surface area contributed by atoms with E-state index in [2.05, 4.69) is 10.0 Å². The van der Waals surface area contributed by atoms with E-state index < -0.39 is 10.0 Å². The van der Waals surface area contributed by atoms with Gasteiger partial charge in [0.25, 0.3) is 10.0 Å². The average Bonchev–Trinajstić information content (AvgIpc) is 2.80. The summed E-state index contributed by atoms with van der Waals surface area (Å²) in [4.78, 5) is 11.4. The monoisotopic (exact) mass is 322 g/mol. The third kappa shape index (κ3) is 2.86. The minimum absolute atomic E-state index is 0.0957. The Kier molecular flexibility index (Phi) is 3.35. The van der Waals surface area contributed by atoms with Gasteiger partial charge in [-0.1, -0.05) is 17.7 Å². The van der Waals surface area contributed by atoms with Gasteiger partial charge in [-0.15, -0.1) is 0 Å². The number of rotatable bonds is 3. The fourth-order valence-electron chi connectivity index (χ4n) is 2.09. The van der Waals surface area contributed by atoms with Crippen LogP contribution in [0.2, 0.25) is 5.02 Å². The van der Waals surface area contributed by atoms with Gasteiger partial charge in [0.2, 0.25) is 5.91 Å². The summed E-state index contributed by atoms with van der Waals surface area (Å²) >= 11 is 5.76. The number of nitrogens with one attached hydrogen (secondary N) is 2. The Morgan fingerprint density at radius 3 is 2.52 bits per heavy atom. The number of anilines is 2. The normalized spacial score (nSPS) is 13.7. The smallest absolute Gasteiger partial charge is 0.261 e. The molecule has 0 saturated carbocycles. The molecule has 1 heterocycles. The number of fused-ring (bicyclic) bond motifs is 1. The van der Waals surface area contributed by atoms with E-state index in [4.69, 9.17) is 11.6 Å². The number of benzene rings is 2. The summed E-state index contributed by atoms with van der Waals surface area (Å²) < 4.78 is 27.1. The fourth-order valence-corrected chi connectivity index (χ4v) is 3.30. The van der Waals surface area contributed by atoms with Crippen LogP contribution in [0.4, 0.5) is 11.4 Å². The summed E-state index contributed by atoms with van der Waals surface area (Å²) in [6, 6.07) is 10.9. The van der Waals surface area contributed by atoms with Crippen molar-refractivity contribution >= 4 is 38.9 Å². The molecular formula is C14H11ClN2O3S. The van der Waals surface area contributed by atoms with Gasteiger partial charge in [0, 0.05) is 16.4 Å². The van der Waals surface area contributed by atoms with E-state index in [0.717, 1.165) is 5.56 Å². The molecule has 0 fully saturated rings. The van der Waals surface area contributed by atoms with Crippen molar-refractivity contribution in [1.29, 1.82) is 0 Å². The molecule has 3 rings (SSSR count). The lowest BCUT2D eigenvalue weighted by Gasteiger charge is -2.09. The van der Waals surface area contributed by atoms with Crippen molar-refractivity contribution in [3.8, 4) is 0 Å². The lowest BCUT2D eigenvalue weighted by molar-refractivity contribution is -0.115. The molecule has 2 N–H and O–H groups in total. The van der Waals surface area contributed by atoms with Crippen LogP contribution in [0.25, 0.3) is 0 Å². The molecule has 21 heavy (non-hydrogen) atoms. The van der Waals surface area contributed by atoms with Crippen LogP contribution in [0, 0.1) is 0 Å². The van der Waals surface area contributed by atoms with Crippen molar-refractivity contribution in [2.45, 2.75) is 11.3 Å². The van der Waals surface area contributed by atoms with Crippen LogP contribution in [-0.2, 0) is 21.2 Å². The molecule has 0 aliphatic carbocycles. The van der Waals surface area contributed by atoms with Gasteiger partial charge in [0.1, 0.15) is 0 Å².